The van der Waals surface area contributed by atoms with Crippen LogP contribution in [0.15, 0.2) is 85.1 Å². The third-order valence-corrected chi connectivity index (χ3v) is 12.0. The van der Waals surface area contributed by atoms with Gasteiger partial charge in [0.05, 0.1) is 79.6 Å². The van der Waals surface area contributed by atoms with Crippen LogP contribution in [0, 0.1) is 17.8 Å². The average Bonchev–Trinajstić information content (AvgIpc) is 3.21. The van der Waals surface area contributed by atoms with E-state index < -0.39 is 147 Å². The van der Waals surface area contributed by atoms with E-state index >= 15 is 0 Å². The zero-order chi connectivity index (χ0) is 48.4. The van der Waals surface area contributed by atoms with Crippen molar-refractivity contribution in [3.05, 3.63) is 85.1 Å². The number of esters is 1. The zero-order valence-corrected chi connectivity index (χ0v) is 37.6. The third kappa shape index (κ3) is 18.6. The summed E-state index contributed by atoms with van der Waals surface area (Å²) in [6.07, 6.45) is 3.46. The molecule has 0 aromatic carbocycles. The fourth-order valence-electron chi connectivity index (χ4n) is 7.97. The lowest BCUT2D eigenvalue weighted by Crippen LogP contribution is -2.61. The number of carboxylic acid groups (broad SMARTS) is 1. The molecule has 3 aliphatic heterocycles. The fourth-order valence-corrected chi connectivity index (χ4v) is 7.97. The Morgan fingerprint density at radius 1 is 0.662 bits per heavy atom. The van der Waals surface area contributed by atoms with Crippen molar-refractivity contribution in [1.29, 1.82) is 0 Å². The lowest BCUT2D eigenvalue weighted by molar-refractivity contribution is -0.308. The molecule has 3 heterocycles. The Labute approximate surface area is 381 Å². The second kappa shape index (κ2) is 27.4. The Balaban J connectivity index is 1.86. The number of carbonyl (C=O) groups excluding carboxylic acids is 1. The number of fused-ring (bicyclic) bond motifs is 2. The number of carboxylic acids is 1. The highest BCUT2D eigenvalue weighted by molar-refractivity contribution is 5.71. The first kappa shape index (κ1) is 55.9. The van der Waals surface area contributed by atoms with Gasteiger partial charge in [-0.15, -0.1) is 0 Å². The minimum absolute atomic E-state index is 0.107. The number of carbonyl (C=O) groups is 2. The van der Waals surface area contributed by atoms with Gasteiger partial charge in [-0.05, 0) is 33.1 Å². The second-order valence-electron chi connectivity index (χ2n) is 17.6. The van der Waals surface area contributed by atoms with E-state index in [2.05, 4.69) is 0 Å². The van der Waals surface area contributed by atoms with Gasteiger partial charge in [0.2, 0.25) is 0 Å². The molecule has 19 atom stereocenters. The van der Waals surface area contributed by atoms with Crippen molar-refractivity contribution in [2.45, 2.75) is 177 Å². The Hall–Kier alpha value is -3.44. The molecule has 0 amide bonds. The van der Waals surface area contributed by atoms with Crippen LogP contribution in [0.25, 0.3) is 0 Å². The molecule has 3 rings (SSSR count). The maximum absolute atomic E-state index is 12.6. The summed E-state index contributed by atoms with van der Waals surface area (Å²) in [7, 11) is 0. The van der Waals surface area contributed by atoms with Gasteiger partial charge in [-0.3, -0.25) is 9.59 Å². The number of nitrogens with two attached hydrogens (primary N) is 1. The number of aliphatic carboxylic acids is 1. The van der Waals surface area contributed by atoms with Crippen molar-refractivity contribution in [3.8, 4) is 0 Å². The maximum Gasteiger partial charge on any atom is 0.311 e. The van der Waals surface area contributed by atoms with Gasteiger partial charge in [0.15, 0.2) is 12.1 Å². The summed E-state index contributed by atoms with van der Waals surface area (Å²) >= 11 is 0. The monoisotopic (exact) mass is 923 g/mol. The van der Waals surface area contributed by atoms with Crippen LogP contribution in [0.4, 0.5) is 0 Å². The summed E-state index contributed by atoms with van der Waals surface area (Å²) in [5.74, 6) is -6.83. The first-order valence-electron chi connectivity index (χ1n) is 22.3. The van der Waals surface area contributed by atoms with Gasteiger partial charge in [-0.2, -0.15) is 0 Å². The molecule has 18 nitrogen and oxygen atoms in total. The molecule has 368 valence electrons. The van der Waals surface area contributed by atoms with Crippen molar-refractivity contribution in [2.75, 3.05) is 0 Å². The Morgan fingerprint density at radius 2 is 1.23 bits per heavy atom. The number of rotatable bonds is 3. The van der Waals surface area contributed by atoms with Gasteiger partial charge >= 0.3 is 11.9 Å². The highest BCUT2D eigenvalue weighted by atomic mass is 16.7. The smallest absolute Gasteiger partial charge is 0.311 e. The van der Waals surface area contributed by atoms with Crippen molar-refractivity contribution < 1.29 is 84.7 Å². The molecule has 2 fully saturated rings. The standard InChI is InChI=1S/C47H73NO17/c1-27-17-15-13-11-9-7-5-6-8-10-12-14-16-18-34(64-46-44(58)41(48)43(57)30(4)63-46)24-38-40(45(59)60)37(54)26-47(61,65-38)25-33(51)22-36(53)35(52)20-19-31(49)21-32(50)23-39(55)62-29(3)28(2)42(27)56/h5-18,27-38,40-44,46,49-54,56-58,61H,19-26,48H2,1-4H3,(H,59,60)/b6-5+,9-7+,10-8+,13-11+,14-12+,17-15+,18-16+/t27-,28-,29-,30+,31?,32?,33?,34?,35?,36?,37-,38?,40?,41-,42?,43?,44-,46-,47?/m0/s1. The van der Waals surface area contributed by atoms with Crippen molar-refractivity contribution in [3.63, 3.8) is 0 Å². The second-order valence-corrected chi connectivity index (χ2v) is 17.6. The van der Waals surface area contributed by atoms with E-state index in [1.807, 2.05) is 19.1 Å². The molecule has 2 bridgehead atoms. The van der Waals surface area contributed by atoms with E-state index in [-0.39, 0.29) is 31.6 Å². The Morgan fingerprint density at radius 3 is 1.82 bits per heavy atom. The lowest BCUT2D eigenvalue weighted by atomic mass is 9.82. The Kier molecular flexibility index (Phi) is 23.6. The van der Waals surface area contributed by atoms with Gasteiger partial charge < -0.3 is 80.9 Å². The average molecular weight is 924 g/mol. The van der Waals surface area contributed by atoms with Crippen LogP contribution in [-0.2, 0) is 28.5 Å². The number of hydrogen-bond donors (Lipinski definition) is 12. The van der Waals surface area contributed by atoms with Crippen molar-refractivity contribution in [1.82, 2.24) is 0 Å². The molecule has 11 unspecified atom stereocenters. The number of aliphatic hydroxyl groups is 10. The zero-order valence-electron chi connectivity index (χ0n) is 37.6. The van der Waals surface area contributed by atoms with Crippen LogP contribution in [-0.4, -0.2) is 166 Å². The molecule has 3 aliphatic rings. The van der Waals surface area contributed by atoms with Crippen LogP contribution in [0.2, 0.25) is 0 Å². The summed E-state index contributed by atoms with van der Waals surface area (Å²) in [6, 6.07) is -1.15. The van der Waals surface area contributed by atoms with E-state index in [9.17, 15) is 65.8 Å². The predicted octanol–water partition coefficient (Wildman–Crippen LogP) is 0.712. The van der Waals surface area contributed by atoms with E-state index in [1.54, 1.807) is 80.7 Å². The molecule has 18 heteroatoms. The van der Waals surface area contributed by atoms with Gasteiger partial charge in [-0.25, -0.2) is 0 Å². The van der Waals surface area contributed by atoms with E-state index in [1.165, 1.54) is 13.0 Å². The molecular weight excluding hydrogens is 851 g/mol. The molecule has 0 aliphatic carbocycles. The predicted molar refractivity (Wildman–Crippen MR) is 237 cm³/mol. The fraction of sp³-hybridized carbons (Fsp3) is 0.660. The molecular formula is C47H73NO17. The normalized spacial score (nSPS) is 45.5. The van der Waals surface area contributed by atoms with Gasteiger partial charge in [0.25, 0.3) is 0 Å². The first-order valence-corrected chi connectivity index (χ1v) is 22.3. The third-order valence-electron chi connectivity index (χ3n) is 12.0. The molecule has 2 saturated heterocycles. The van der Waals surface area contributed by atoms with Crippen molar-refractivity contribution in [2.24, 2.45) is 23.5 Å². The van der Waals surface area contributed by atoms with Crippen LogP contribution in [0.3, 0.4) is 0 Å². The minimum atomic E-state index is -2.33. The van der Waals surface area contributed by atoms with Gasteiger partial charge in [0, 0.05) is 37.5 Å². The molecule has 13 N–H and O–H groups in total. The van der Waals surface area contributed by atoms with Crippen LogP contribution < -0.4 is 5.73 Å². The highest BCUT2D eigenvalue weighted by Crippen LogP contribution is 2.38. The molecule has 65 heavy (non-hydrogen) atoms. The number of ether oxygens (including phenoxy) is 4. The van der Waals surface area contributed by atoms with E-state index in [0.29, 0.717) is 0 Å². The van der Waals surface area contributed by atoms with Crippen LogP contribution >= 0.6 is 0 Å². The Bertz CT molecular complexity index is 1670. The summed E-state index contributed by atoms with van der Waals surface area (Å²) in [5.41, 5.74) is 6.02. The number of hydrogen-bond acceptors (Lipinski definition) is 17. The van der Waals surface area contributed by atoms with Crippen LogP contribution in [0.5, 0.6) is 0 Å². The molecule has 0 spiro atoms. The van der Waals surface area contributed by atoms with Crippen LogP contribution in [0.1, 0.15) is 79.1 Å². The number of cyclic esters (lactones) is 1. The summed E-state index contributed by atoms with van der Waals surface area (Å²) in [6.45, 7) is 6.74. The van der Waals surface area contributed by atoms with Gasteiger partial charge in [0.1, 0.15) is 18.1 Å². The van der Waals surface area contributed by atoms with Crippen molar-refractivity contribution >= 4 is 11.9 Å². The lowest BCUT2D eigenvalue weighted by Gasteiger charge is -2.45. The summed E-state index contributed by atoms with van der Waals surface area (Å²) in [4.78, 5) is 25.1. The topological polar surface area (TPSA) is 320 Å². The summed E-state index contributed by atoms with van der Waals surface area (Å²) in [5, 5.41) is 118. The largest absolute Gasteiger partial charge is 0.481 e. The number of aliphatic hydroxyl groups excluding tert-OH is 9. The van der Waals surface area contributed by atoms with E-state index in [4.69, 9.17) is 24.7 Å². The van der Waals surface area contributed by atoms with Gasteiger partial charge in [-0.1, -0.05) is 98.9 Å². The molecule has 0 aromatic rings. The molecule has 0 aromatic heterocycles. The quantitative estimate of drug-likeness (QED) is 0.174. The minimum Gasteiger partial charge on any atom is -0.481 e. The SMILES string of the molecule is C[C@@H]1OC(=O)CC(O)CC(O)CCC(O)C(O)CC(O)CC2(O)C[C@H](O)C(C(=O)O)C(CC(O[C@@H]3O[C@H](C)C(O)[C@H](N)[C@@H]3O)/C=C/C=C/C=C/C=C/C=C/C=C/C=C/[C@H](C)C(O)[C@H]1C)O2. The maximum atomic E-state index is 12.6. The van der Waals surface area contributed by atoms with E-state index in [0.717, 1.165) is 0 Å². The molecule has 0 radical (unpaired) electrons. The molecule has 0 saturated carbocycles. The summed E-state index contributed by atoms with van der Waals surface area (Å²) < 4.78 is 23.1. The highest BCUT2D eigenvalue weighted by Gasteiger charge is 2.51. The first-order chi connectivity index (χ1) is 30.6. The number of allylic oxidation sites excluding steroid dienone is 12.